The lowest BCUT2D eigenvalue weighted by Crippen LogP contribution is -2.60. The number of nitriles is 1. The summed E-state index contributed by atoms with van der Waals surface area (Å²) in [5.41, 5.74) is -1.70. The van der Waals surface area contributed by atoms with E-state index in [0.717, 1.165) is 68.1 Å². The SMILES string of the molecule is CCC(C)(CC(C)(CC(C)(C)c1c(F)cc(O)cc1F)C(=O)OC1(CC)C2CC3CC(C2)CC1C3)c1ccc(C#N)cc1. The van der Waals surface area contributed by atoms with Crippen molar-refractivity contribution < 1.29 is 23.4 Å². The highest BCUT2D eigenvalue weighted by Crippen LogP contribution is 2.61. The molecule has 0 radical (unpaired) electrons. The number of hydrogen-bond donors (Lipinski definition) is 1. The van der Waals surface area contributed by atoms with Gasteiger partial charge in [0.05, 0.1) is 17.0 Å². The Morgan fingerprint density at radius 2 is 1.49 bits per heavy atom. The number of rotatable bonds is 10. The second kappa shape index (κ2) is 11.2. The minimum Gasteiger partial charge on any atom is -0.508 e. The van der Waals surface area contributed by atoms with Crippen molar-refractivity contribution in [3.05, 3.63) is 64.7 Å². The summed E-state index contributed by atoms with van der Waals surface area (Å²) in [6, 6.07) is 11.5. The maximum Gasteiger partial charge on any atom is 0.312 e. The monoisotopic (exact) mass is 591 g/mol. The fourth-order valence-corrected chi connectivity index (χ4v) is 9.81. The molecule has 0 amide bonds. The number of carbonyl (C=O) groups is 1. The van der Waals surface area contributed by atoms with Crippen LogP contribution in [-0.4, -0.2) is 16.7 Å². The van der Waals surface area contributed by atoms with Gasteiger partial charge >= 0.3 is 5.97 Å². The summed E-state index contributed by atoms with van der Waals surface area (Å²) < 4.78 is 37.4. The molecule has 2 unspecified atom stereocenters. The molecule has 2 aromatic rings. The van der Waals surface area contributed by atoms with Crippen LogP contribution in [0.1, 0.15) is 116 Å². The van der Waals surface area contributed by atoms with Crippen molar-refractivity contribution in [1.82, 2.24) is 0 Å². The Kier molecular flexibility index (Phi) is 8.20. The Morgan fingerprint density at radius 3 is 1.95 bits per heavy atom. The number of hydrogen-bond acceptors (Lipinski definition) is 4. The van der Waals surface area contributed by atoms with Crippen molar-refractivity contribution in [3.63, 3.8) is 0 Å². The number of phenols is 1. The van der Waals surface area contributed by atoms with Gasteiger partial charge in [0.25, 0.3) is 0 Å². The Hall–Kier alpha value is -2.94. The lowest BCUT2D eigenvalue weighted by molar-refractivity contribution is -0.220. The fourth-order valence-electron chi connectivity index (χ4n) is 9.81. The molecule has 0 aromatic heterocycles. The Balaban J connectivity index is 1.55. The molecule has 4 aliphatic rings. The van der Waals surface area contributed by atoms with Crippen molar-refractivity contribution in [2.24, 2.45) is 29.1 Å². The first-order valence-electron chi connectivity index (χ1n) is 16.1. The zero-order chi connectivity index (χ0) is 31.4. The largest absolute Gasteiger partial charge is 0.508 e. The summed E-state index contributed by atoms with van der Waals surface area (Å²) >= 11 is 0. The van der Waals surface area contributed by atoms with E-state index in [2.05, 4.69) is 26.8 Å². The van der Waals surface area contributed by atoms with Crippen molar-refractivity contribution in [1.29, 1.82) is 5.26 Å². The molecule has 2 aromatic carbocycles. The highest BCUT2D eigenvalue weighted by Gasteiger charge is 2.60. The molecule has 2 atom stereocenters. The highest BCUT2D eigenvalue weighted by atomic mass is 19.1. The minimum atomic E-state index is -1.09. The van der Waals surface area contributed by atoms with Crippen LogP contribution < -0.4 is 0 Å². The molecular formula is C37H47F2NO3. The Morgan fingerprint density at radius 1 is 0.953 bits per heavy atom. The van der Waals surface area contributed by atoms with Crippen LogP contribution >= 0.6 is 0 Å². The molecular weight excluding hydrogens is 544 g/mol. The predicted octanol–water partition coefficient (Wildman–Crippen LogP) is 9.12. The molecule has 4 nitrogen and oxygen atoms in total. The van der Waals surface area contributed by atoms with Gasteiger partial charge in [-0.15, -0.1) is 0 Å². The van der Waals surface area contributed by atoms with Crippen LogP contribution in [0.4, 0.5) is 8.78 Å². The fraction of sp³-hybridized carbons (Fsp3) is 0.622. The van der Waals surface area contributed by atoms with E-state index in [0.29, 0.717) is 23.8 Å². The zero-order valence-electron chi connectivity index (χ0n) is 26.6. The average Bonchev–Trinajstić information content (AvgIpc) is 2.93. The molecule has 43 heavy (non-hydrogen) atoms. The van der Waals surface area contributed by atoms with Crippen molar-refractivity contribution >= 4 is 5.97 Å². The number of aromatic hydroxyl groups is 1. The number of esters is 1. The number of nitrogens with zero attached hydrogens (tertiary/aromatic N) is 1. The van der Waals surface area contributed by atoms with Gasteiger partial charge < -0.3 is 9.84 Å². The van der Waals surface area contributed by atoms with Gasteiger partial charge in [-0.2, -0.15) is 5.26 Å². The lowest BCUT2D eigenvalue weighted by Gasteiger charge is -2.60. The number of benzene rings is 2. The predicted molar refractivity (Wildman–Crippen MR) is 163 cm³/mol. The van der Waals surface area contributed by atoms with Crippen molar-refractivity contribution in [2.75, 3.05) is 0 Å². The van der Waals surface area contributed by atoms with Crippen LogP contribution in [-0.2, 0) is 20.4 Å². The van der Waals surface area contributed by atoms with E-state index < -0.39 is 39.2 Å². The first-order valence-corrected chi connectivity index (χ1v) is 16.1. The standard InChI is InChI=1S/C37H47F2NO3/c1-7-35(5,26-11-9-23(20-40)10-12-26)22-36(6,21-34(3,4)32-30(38)18-29(41)19-31(32)39)33(42)43-37(8-2)27-14-24-13-25(16-27)17-28(37)15-24/h9-12,18-19,24-25,27-28,41H,7-8,13-17,21-22H2,1-6H3. The van der Waals surface area contributed by atoms with Crippen LogP contribution in [0.15, 0.2) is 36.4 Å². The molecule has 1 N–H and O–H groups in total. The molecule has 4 fully saturated rings. The van der Waals surface area contributed by atoms with E-state index in [1.54, 1.807) is 26.0 Å². The van der Waals surface area contributed by atoms with Gasteiger partial charge in [-0.1, -0.05) is 46.8 Å². The molecule has 0 aliphatic heterocycles. The maximum atomic E-state index is 15.3. The van der Waals surface area contributed by atoms with Crippen LogP contribution in [0.2, 0.25) is 0 Å². The number of phenolic OH excluding ortho intramolecular Hbond substituents is 1. The summed E-state index contributed by atoms with van der Waals surface area (Å²) in [5.74, 6) is -0.233. The maximum absolute atomic E-state index is 15.3. The Bertz CT molecular complexity index is 1360. The molecule has 6 rings (SSSR count). The summed E-state index contributed by atoms with van der Waals surface area (Å²) in [6.07, 6.45) is 7.80. The van der Waals surface area contributed by atoms with Gasteiger partial charge in [-0.05, 0) is 117 Å². The van der Waals surface area contributed by atoms with Crippen LogP contribution in [0.25, 0.3) is 0 Å². The lowest BCUT2D eigenvalue weighted by atomic mass is 9.49. The van der Waals surface area contributed by atoms with E-state index in [1.807, 2.05) is 19.1 Å². The quantitative estimate of drug-likeness (QED) is 0.280. The topological polar surface area (TPSA) is 70.3 Å². The second-order valence-corrected chi connectivity index (χ2v) is 15.2. The minimum absolute atomic E-state index is 0.138. The first-order chi connectivity index (χ1) is 20.2. The molecule has 0 heterocycles. The van der Waals surface area contributed by atoms with Gasteiger partial charge in [0, 0.05) is 17.7 Å². The third kappa shape index (κ3) is 5.58. The van der Waals surface area contributed by atoms with Crippen molar-refractivity contribution in [2.45, 2.75) is 116 Å². The first kappa shape index (κ1) is 31.5. The van der Waals surface area contributed by atoms with E-state index in [9.17, 15) is 15.2 Å². The molecule has 232 valence electrons. The summed E-state index contributed by atoms with van der Waals surface area (Å²) in [5, 5.41) is 19.2. The van der Waals surface area contributed by atoms with Crippen LogP contribution in [0.5, 0.6) is 5.75 Å². The van der Waals surface area contributed by atoms with Gasteiger partial charge in [0.1, 0.15) is 23.0 Å². The normalized spacial score (nSPS) is 29.0. The number of halogens is 2. The number of ether oxygens (including phenoxy) is 1. The van der Waals surface area contributed by atoms with Crippen LogP contribution in [0, 0.1) is 52.1 Å². The van der Waals surface area contributed by atoms with Gasteiger partial charge in [-0.25, -0.2) is 8.78 Å². The summed E-state index contributed by atoms with van der Waals surface area (Å²) in [6.45, 7) is 11.8. The molecule has 4 bridgehead atoms. The summed E-state index contributed by atoms with van der Waals surface area (Å²) in [4.78, 5) is 14.8. The second-order valence-electron chi connectivity index (χ2n) is 15.2. The van der Waals surface area contributed by atoms with Crippen LogP contribution in [0.3, 0.4) is 0 Å². The molecule has 6 heteroatoms. The smallest absolute Gasteiger partial charge is 0.312 e. The molecule has 4 saturated carbocycles. The third-order valence-corrected chi connectivity index (χ3v) is 11.7. The van der Waals surface area contributed by atoms with Gasteiger partial charge in [0.2, 0.25) is 0 Å². The summed E-state index contributed by atoms with van der Waals surface area (Å²) in [7, 11) is 0. The molecule has 4 aliphatic carbocycles. The van der Waals surface area contributed by atoms with Crippen molar-refractivity contribution in [3.8, 4) is 11.8 Å². The number of carbonyl (C=O) groups excluding carboxylic acids is 1. The average molecular weight is 592 g/mol. The van der Waals surface area contributed by atoms with E-state index in [-0.39, 0.29) is 18.0 Å². The highest BCUT2D eigenvalue weighted by molar-refractivity contribution is 5.77. The van der Waals surface area contributed by atoms with E-state index in [4.69, 9.17) is 4.74 Å². The molecule has 0 saturated heterocycles. The molecule has 0 spiro atoms. The van der Waals surface area contributed by atoms with Gasteiger partial charge in [-0.3, -0.25) is 4.79 Å². The Labute approximate surface area is 255 Å². The third-order valence-electron chi connectivity index (χ3n) is 11.7. The van der Waals surface area contributed by atoms with E-state index in [1.165, 1.54) is 6.42 Å². The zero-order valence-corrected chi connectivity index (χ0v) is 26.6. The van der Waals surface area contributed by atoms with Gasteiger partial charge in [0.15, 0.2) is 0 Å². The van der Waals surface area contributed by atoms with E-state index >= 15 is 8.78 Å².